The summed E-state index contributed by atoms with van der Waals surface area (Å²) in [6.07, 6.45) is 0. The highest BCUT2D eigenvalue weighted by Gasteiger charge is 2.08. The van der Waals surface area contributed by atoms with Crippen molar-refractivity contribution < 1.29 is 9.53 Å². The topological polar surface area (TPSA) is 63.0 Å². The maximum Gasteiger partial charge on any atom is 0.316 e. The molecular formula is C17H12N2O2S2. The Morgan fingerprint density at radius 2 is 2.00 bits per heavy atom. The van der Waals surface area contributed by atoms with E-state index in [9.17, 15) is 4.79 Å². The highest BCUT2D eigenvalue weighted by Crippen LogP contribution is 2.29. The van der Waals surface area contributed by atoms with Gasteiger partial charge in [0.25, 0.3) is 0 Å². The SMILES string of the molecule is N#Cc1ccc(COC(=O)CSc2nc3ccccc3s2)cc1. The molecule has 0 saturated heterocycles. The van der Waals surface area contributed by atoms with Crippen molar-refractivity contribution in [1.29, 1.82) is 5.26 Å². The van der Waals surface area contributed by atoms with Gasteiger partial charge < -0.3 is 4.74 Å². The molecule has 114 valence electrons. The Bertz CT molecular complexity index is 833. The minimum atomic E-state index is -0.279. The van der Waals surface area contributed by atoms with E-state index in [1.165, 1.54) is 11.8 Å². The summed E-state index contributed by atoms with van der Waals surface area (Å²) < 4.78 is 7.21. The van der Waals surface area contributed by atoms with E-state index >= 15 is 0 Å². The van der Waals surface area contributed by atoms with Crippen LogP contribution in [0.1, 0.15) is 11.1 Å². The monoisotopic (exact) mass is 340 g/mol. The normalized spacial score (nSPS) is 10.4. The van der Waals surface area contributed by atoms with Gasteiger partial charge in [0.05, 0.1) is 27.6 Å². The fraction of sp³-hybridized carbons (Fsp3) is 0.118. The first-order valence-corrected chi connectivity index (χ1v) is 8.68. The lowest BCUT2D eigenvalue weighted by Crippen LogP contribution is -2.07. The number of fused-ring (bicyclic) bond motifs is 1. The molecule has 0 unspecified atom stereocenters. The number of hydrogen-bond donors (Lipinski definition) is 0. The highest BCUT2D eigenvalue weighted by atomic mass is 32.2. The minimum Gasteiger partial charge on any atom is -0.460 e. The number of carbonyl (C=O) groups is 1. The number of ether oxygens (including phenoxy) is 1. The van der Waals surface area contributed by atoms with Crippen LogP contribution in [0.25, 0.3) is 10.2 Å². The number of aromatic nitrogens is 1. The average Bonchev–Trinajstić information content (AvgIpc) is 3.01. The van der Waals surface area contributed by atoms with E-state index in [-0.39, 0.29) is 18.3 Å². The summed E-state index contributed by atoms with van der Waals surface area (Å²) in [5.74, 6) is -0.0468. The van der Waals surface area contributed by atoms with E-state index < -0.39 is 0 Å². The predicted octanol–water partition coefficient (Wildman–Crippen LogP) is 4.00. The van der Waals surface area contributed by atoms with Gasteiger partial charge in [-0.2, -0.15) is 5.26 Å². The molecule has 0 N–H and O–H groups in total. The molecule has 3 rings (SSSR count). The van der Waals surface area contributed by atoms with Crippen molar-refractivity contribution in [3.8, 4) is 6.07 Å². The van der Waals surface area contributed by atoms with Gasteiger partial charge in [-0.15, -0.1) is 11.3 Å². The Labute approximate surface area is 141 Å². The van der Waals surface area contributed by atoms with Gasteiger partial charge in [0.15, 0.2) is 4.34 Å². The van der Waals surface area contributed by atoms with E-state index in [2.05, 4.69) is 11.1 Å². The smallest absolute Gasteiger partial charge is 0.316 e. The molecule has 0 bridgehead atoms. The van der Waals surface area contributed by atoms with E-state index in [4.69, 9.17) is 10.00 Å². The lowest BCUT2D eigenvalue weighted by atomic mass is 10.2. The van der Waals surface area contributed by atoms with Crippen LogP contribution in [-0.2, 0) is 16.1 Å². The van der Waals surface area contributed by atoms with Gasteiger partial charge in [-0.05, 0) is 29.8 Å². The maximum atomic E-state index is 11.8. The van der Waals surface area contributed by atoms with Crippen molar-refractivity contribution in [2.75, 3.05) is 5.75 Å². The van der Waals surface area contributed by atoms with Gasteiger partial charge in [0, 0.05) is 0 Å². The average molecular weight is 340 g/mol. The highest BCUT2D eigenvalue weighted by molar-refractivity contribution is 8.01. The van der Waals surface area contributed by atoms with Gasteiger partial charge in [-0.25, -0.2) is 4.98 Å². The number of benzene rings is 2. The first kappa shape index (κ1) is 15.5. The first-order chi connectivity index (χ1) is 11.2. The van der Waals surface area contributed by atoms with E-state index in [1.54, 1.807) is 35.6 Å². The number of carbonyl (C=O) groups excluding carboxylic acids is 1. The number of rotatable bonds is 5. The van der Waals surface area contributed by atoms with Crippen molar-refractivity contribution in [3.05, 3.63) is 59.7 Å². The second-order valence-electron chi connectivity index (χ2n) is 4.71. The van der Waals surface area contributed by atoms with Crippen LogP contribution >= 0.6 is 23.1 Å². The molecule has 1 aromatic heterocycles. The van der Waals surface area contributed by atoms with Gasteiger partial charge in [-0.1, -0.05) is 36.0 Å². The fourth-order valence-corrected chi connectivity index (χ4v) is 3.78. The van der Waals surface area contributed by atoms with Crippen LogP contribution in [0.2, 0.25) is 0 Å². The second-order valence-corrected chi connectivity index (χ2v) is 6.96. The number of para-hydroxylation sites is 1. The van der Waals surface area contributed by atoms with Crippen LogP contribution in [-0.4, -0.2) is 16.7 Å². The number of thiazole rings is 1. The quantitative estimate of drug-likeness (QED) is 0.519. The van der Waals surface area contributed by atoms with Gasteiger partial charge >= 0.3 is 5.97 Å². The molecule has 0 fully saturated rings. The molecule has 23 heavy (non-hydrogen) atoms. The second kappa shape index (κ2) is 7.27. The van der Waals surface area contributed by atoms with Crippen LogP contribution < -0.4 is 0 Å². The summed E-state index contributed by atoms with van der Waals surface area (Å²) in [6, 6.07) is 16.9. The third-order valence-corrected chi connectivity index (χ3v) is 5.22. The van der Waals surface area contributed by atoms with Crippen LogP contribution in [0.3, 0.4) is 0 Å². The standard InChI is InChI=1S/C17H12N2O2S2/c18-9-12-5-7-13(8-6-12)10-21-16(20)11-22-17-19-14-3-1-2-4-15(14)23-17/h1-8H,10-11H2. The zero-order chi connectivity index (χ0) is 16.1. The molecule has 0 amide bonds. The van der Waals surface area contributed by atoms with Crippen molar-refractivity contribution in [2.24, 2.45) is 0 Å². The molecule has 0 aliphatic rings. The third kappa shape index (κ3) is 4.09. The summed E-state index contributed by atoms with van der Waals surface area (Å²) in [5, 5.41) is 8.73. The third-order valence-electron chi connectivity index (χ3n) is 3.07. The van der Waals surface area contributed by atoms with Crippen molar-refractivity contribution in [3.63, 3.8) is 0 Å². The minimum absolute atomic E-state index is 0.213. The Kier molecular flexibility index (Phi) is 4.91. The Morgan fingerprint density at radius 3 is 2.74 bits per heavy atom. The Hall–Kier alpha value is -2.36. The largest absolute Gasteiger partial charge is 0.460 e. The molecule has 2 aromatic carbocycles. The molecule has 0 spiro atoms. The van der Waals surface area contributed by atoms with Crippen LogP contribution in [0.4, 0.5) is 0 Å². The summed E-state index contributed by atoms with van der Waals surface area (Å²) >= 11 is 2.96. The molecule has 6 heteroatoms. The molecule has 0 radical (unpaired) electrons. The van der Waals surface area contributed by atoms with Crippen LogP contribution in [0.5, 0.6) is 0 Å². The number of nitrogens with zero attached hydrogens (tertiary/aromatic N) is 2. The molecule has 0 atom stereocenters. The van der Waals surface area contributed by atoms with Crippen molar-refractivity contribution >= 4 is 39.3 Å². The summed E-state index contributed by atoms with van der Waals surface area (Å²) in [6.45, 7) is 0.213. The first-order valence-electron chi connectivity index (χ1n) is 6.87. The summed E-state index contributed by atoms with van der Waals surface area (Å²) in [4.78, 5) is 16.3. The number of esters is 1. The van der Waals surface area contributed by atoms with Gasteiger partial charge in [-0.3, -0.25) is 4.79 Å². The molecule has 0 saturated carbocycles. The Balaban J connectivity index is 1.50. The fourth-order valence-electron chi connectivity index (χ4n) is 1.91. The van der Waals surface area contributed by atoms with Gasteiger partial charge in [0.1, 0.15) is 6.61 Å². The molecule has 0 aliphatic heterocycles. The molecule has 3 aromatic rings. The lowest BCUT2D eigenvalue weighted by molar-refractivity contribution is -0.141. The lowest BCUT2D eigenvalue weighted by Gasteiger charge is -2.04. The van der Waals surface area contributed by atoms with Gasteiger partial charge in [0.2, 0.25) is 0 Å². The molecular weight excluding hydrogens is 328 g/mol. The molecule has 4 nitrogen and oxygen atoms in total. The van der Waals surface area contributed by atoms with Crippen LogP contribution in [0.15, 0.2) is 52.9 Å². The zero-order valence-corrected chi connectivity index (χ0v) is 13.7. The van der Waals surface area contributed by atoms with E-state index in [0.717, 1.165) is 20.1 Å². The number of thioether (sulfide) groups is 1. The number of nitriles is 1. The van der Waals surface area contributed by atoms with Crippen LogP contribution in [0, 0.1) is 11.3 Å². The van der Waals surface area contributed by atoms with E-state index in [1.807, 2.05) is 24.3 Å². The number of hydrogen-bond acceptors (Lipinski definition) is 6. The predicted molar refractivity (Wildman–Crippen MR) is 91.3 cm³/mol. The van der Waals surface area contributed by atoms with Crippen molar-refractivity contribution in [2.45, 2.75) is 10.9 Å². The maximum absolute atomic E-state index is 11.8. The summed E-state index contributed by atoms with van der Waals surface area (Å²) in [5.41, 5.74) is 2.40. The van der Waals surface area contributed by atoms with E-state index in [0.29, 0.717) is 5.56 Å². The summed E-state index contributed by atoms with van der Waals surface area (Å²) in [7, 11) is 0. The Morgan fingerprint density at radius 1 is 1.22 bits per heavy atom. The van der Waals surface area contributed by atoms with Crippen molar-refractivity contribution in [1.82, 2.24) is 4.98 Å². The molecule has 1 heterocycles. The molecule has 0 aliphatic carbocycles. The zero-order valence-electron chi connectivity index (χ0n) is 12.1.